The average Bonchev–Trinajstić information content (AvgIpc) is 3.37. The highest BCUT2D eigenvalue weighted by atomic mass is 19.3. The lowest BCUT2D eigenvalue weighted by molar-refractivity contribution is 0.0202. The highest BCUT2D eigenvalue weighted by Crippen LogP contribution is 2.52. The minimum Gasteiger partial charge on any atom is -0.456 e. The van der Waals surface area contributed by atoms with Crippen LogP contribution in [-0.4, -0.2) is 11.4 Å². The van der Waals surface area contributed by atoms with E-state index in [0.29, 0.717) is 11.3 Å². The molecule has 41 heavy (non-hydrogen) atoms. The number of nitrogens with zero attached hydrogens (tertiary/aromatic N) is 1. The lowest BCUT2D eigenvalue weighted by Gasteiger charge is -2.30. The normalized spacial score (nSPS) is 13.3. The van der Waals surface area contributed by atoms with E-state index in [4.69, 9.17) is 14.1 Å². The van der Waals surface area contributed by atoms with E-state index < -0.39 is 11.8 Å². The van der Waals surface area contributed by atoms with Gasteiger partial charge in [-0.2, -0.15) is 0 Å². The number of fused-ring (bicyclic) bond motifs is 4. The van der Waals surface area contributed by atoms with Gasteiger partial charge in [0.05, 0.1) is 11.1 Å². The van der Waals surface area contributed by atoms with Crippen LogP contribution in [0.15, 0.2) is 83.4 Å². The number of aromatic nitrogens is 1. The first-order valence-electron chi connectivity index (χ1n) is 14.0. The van der Waals surface area contributed by atoms with Crippen molar-refractivity contribution < 1.29 is 17.9 Å². The van der Waals surface area contributed by atoms with Gasteiger partial charge in [0.1, 0.15) is 22.8 Å². The minimum atomic E-state index is -2.42. The van der Waals surface area contributed by atoms with E-state index in [2.05, 4.69) is 57.2 Å². The van der Waals surface area contributed by atoms with Crippen LogP contribution in [0, 0.1) is 5.41 Å². The number of halogens is 2. The number of hydrogen-bond acceptors (Lipinski definition) is 3. The maximum atomic E-state index is 13.7. The topological polar surface area (TPSA) is 35.3 Å². The second-order valence-electron chi connectivity index (χ2n) is 12.8. The molecule has 0 spiro atoms. The maximum Gasteiger partial charge on any atom is 0.243 e. The molecule has 0 unspecified atom stereocenters. The number of pyridine rings is 1. The molecule has 6 aromatic rings. The molecule has 0 amide bonds. The minimum absolute atomic E-state index is 0.172. The molecule has 0 fully saturated rings. The number of alkyl halides is 2. The highest BCUT2D eigenvalue weighted by molar-refractivity contribution is 6.07. The summed E-state index contributed by atoms with van der Waals surface area (Å²) in [6.07, 6.45) is -0.326. The number of benzene rings is 4. The number of hydrogen-bond donors (Lipinski definition) is 0. The van der Waals surface area contributed by atoms with E-state index >= 15 is 0 Å². The number of furan rings is 1. The third-order valence-corrected chi connectivity index (χ3v) is 8.22. The lowest BCUT2D eigenvalue weighted by Crippen LogP contribution is -2.24. The SMILES string of the molecule is CC(C)(C)c1c2c(cc3ccccc13)-c1nccc3cc(-c4cc5c(CC(C)(C)C(F)F)cccc5o4)cc(c13)O2. The number of ether oxygens (including phenoxy) is 1. The van der Waals surface area contributed by atoms with E-state index in [9.17, 15) is 8.78 Å². The monoisotopic (exact) mass is 547 g/mol. The predicted octanol–water partition coefficient (Wildman–Crippen LogP) is 10.7. The largest absolute Gasteiger partial charge is 0.456 e. The zero-order valence-corrected chi connectivity index (χ0v) is 23.8. The van der Waals surface area contributed by atoms with Gasteiger partial charge in [-0.3, -0.25) is 4.98 Å². The molecule has 7 rings (SSSR count). The highest BCUT2D eigenvalue weighted by Gasteiger charge is 2.32. The smallest absolute Gasteiger partial charge is 0.243 e. The van der Waals surface area contributed by atoms with Gasteiger partial charge in [0.25, 0.3) is 0 Å². The second-order valence-corrected chi connectivity index (χ2v) is 12.8. The zero-order valence-electron chi connectivity index (χ0n) is 23.8. The standard InChI is InChI=1S/C36H31F2NO2/c1-35(2,3)31-24-11-7-6-9-20(24)16-26-32-30-21(13-14-39-32)15-23(17-29(30)41-33(26)31)28-18-25-22(10-8-12-27(25)40-28)19-36(4,5)34(37)38/h6-18,34H,19H2,1-5H3. The van der Waals surface area contributed by atoms with Crippen molar-refractivity contribution in [2.75, 3.05) is 0 Å². The third kappa shape index (κ3) is 4.09. The maximum absolute atomic E-state index is 13.7. The van der Waals surface area contributed by atoms with Gasteiger partial charge >= 0.3 is 0 Å². The Morgan fingerprint density at radius 2 is 1.63 bits per heavy atom. The molecule has 3 nitrogen and oxygen atoms in total. The van der Waals surface area contributed by atoms with Crippen LogP contribution in [0.4, 0.5) is 8.78 Å². The first-order valence-corrected chi connectivity index (χ1v) is 14.0. The van der Waals surface area contributed by atoms with Crippen LogP contribution in [0.25, 0.3) is 55.1 Å². The lowest BCUT2D eigenvalue weighted by atomic mass is 9.80. The van der Waals surface area contributed by atoms with Crippen LogP contribution in [0.2, 0.25) is 0 Å². The van der Waals surface area contributed by atoms with Crippen molar-refractivity contribution >= 4 is 32.5 Å². The summed E-state index contributed by atoms with van der Waals surface area (Å²) < 4.78 is 40.5. The van der Waals surface area contributed by atoms with Crippen LogP contribution < -0.4 is 4.74 Å². The molecule has 1 aliphatic heterocycles. The van der Waals surface area contributed by atoms with E-state index in [0.717, 1.165) is 61.0 Å². The van der Waals surface area contributed by atoms with Gasteiger partial charge < -0.3 is 9.15 Å². The van der Waals surface area contributed by atoms with Crippen LogP contribution in [0.1, 0.15) is 45.7 Å². The summed E-state index contributed by atoms with van der Waals surface area (Å²) in [5.41, 5.74) is 4.13. The van der Waals surface area contributed by atoms with E-state index in [1.807, 2.05) is 42.6 Å². The van der Waals surface area contributed by atoms with Crippen molar-refractivity contribution in [1.82, 2.24) is 4.98 Å². The summed E-state index contributed by atoms with van der Waals surface area (Å²) >= 11 is 0. The summed E-state index contributed by atoms with van der Waals surface area (Å²) in [5, 5.41) is 5.15. The van der Waals surface area contributed by atoms with Crippen molar-refractivity contribution in [3.05, 3.63) is 90.1 Å². The Bertz CT molecular complexity index is 2000. The van der Waals surface area contributed by atoms with Gasteiger partial charge in [-0.1, -0.05) is 71.0 Å². The van der Waals surface area contributed by atoms with Gasteiger partial charge in [-0.25, -0.2) is 8.78 Å². The molecular formula is C36H31F2NO2. The third-order valence-electron chi connectivity index (χ3n) is 8.22. The summed E-state index contributed by atoms with van der Waals surface area (Å²) in [6.45, 7) is 9.82. The van der Waals surface area contributed by atoms with Gasteiger partial charge in [0, 0.05) is 33.7 Å². The Balaban J connectivity index is 1.42. The summed E-state index contributed by atoms with van der Waals surface area (Å²) in [4.78, 5) is 4.84. The number of rotatable bonds is 4. The quantitative estimate of drug-likeness (QED) is 0.220. The molecule has 3 heterocycles. The molecule has 0 aliphatic carbocycles. The average molecular weight is 548 g/mol. The molecule has 0 atom stereocenters. The Hall–Kier alpha value is -4.25. The van der Waals surface area contributed by atoms with Crippen molar-refractivity contribution in [2.24, 2.45) is 5.41 Å². The molecule has 4 aromatic carbocycles. The van der Waals surface area contributed by atoms with Crippen molar-refractivity contribution in [2.45, 2.75) is 52.9 Å². The Kier molecular flexibility index (Phi) is 5.56. The molecule has 0 saturated heterocycles. The molecule has 0 bridgehead atoms. The predicted molar refractivity (Wildman–Crippen MR) is 162 cm³/mol. The Labute approximate surface area is 237 Å². The summed E-state index contributed by atoms with van der Waals surface area (Å²) in [5.74, 6) is 2.23. The molecule has 0 saturated carbocycles. The van der Waals surface area contributed by atoms with Crippen molar-refractivity contribution in [1.29, 1.82) is 0 Å². The molecule has 2 aromatic heterocycles. The van der Waals surface area contributed by atoms with Gasteiger partial charge in [0.15, 0.2) is 0 Å². The molecular weight excluding hydrogens is 516 g/mol. The van der Waals surface area contributed by atoms with E-state index in [1.165, 1.54) is 5.39 Å². The first kappa shape index (κ1) is 25.7. The van der Waals surface area contributed by atoms with Gasteiger partial charge in [-0.05, 0) is 70.0 Å². The van der Waals surface area contributed by atoms with Gasteiger partial charge in [0.2, 0.25) is 6.43 Å². The molecule has 1 aliphatic rings. The zero-order chi connectivity index (χ0) is 28.7. The Morgan fingerprint density at radius 1 is 0.829 bits per heavy atom. The fourth-order valence-corrected chi connectivity index (χ4v) is 6.16. The second kappa shape index (κ2) is 8.87. The summed E-state index contributed by atoms with van der Waals surface area (Å²) in [6, 6.07) is 24.3. The molecule has 0 radical (unpaired) electrons. The fraction of sp³-hybridized carbons (Fsp3) is 0.250. The summed E-state index contributed by atoms with van der Waals surface area (Å²) in [7, 11) is 0. The van der Waals surface area contributed by atoms with Crippen LogP contribution in [0.5, 0.6) is 11.5 Å². The Morgan fingerprint density at radius 3 is 2.41 bits per heavy atom. The van der Waals surface area contributed by atoms with E-state index in [1.54, 1.807) is 13.8 Å². The fourth-order valence-electron chi connectivity index (χ4n) is 6.16. The van der Waals surface area contributed by atoms with Crippen molar-refractivity contribution in [3.63, 3.8) is 0 Å². The van der Waals surface area contributed by atoms with Gasteiger partial charge in [-0.15, -0.1) is 0 Å². The van der Waals surface area contributed by atoms with E-state index in [-0.39, 0.29) is 11.8 Å². The molecule has 5 heteroatoms. The van der Waals surface area contributed by atoms with Crippen molar-refractivity contribution in [3.8, 4) is 34.1 Å². The van der Waals surface area contributed by atoms with Crippen LogP contribution >= 0.6 is 0 Å². The first-order chi connectivity index (χ1) is 19.5. The van der Waals surface area contributed by atoms with Crippen LogP contribution in [-0.2, 0) is 11.8 Å². The molecule has 206 valence electrons. The molecule has 0 N–H and O–H groups in total. The van der Waals surface area contributed by atoms with Crippen LogP contribution in [0.3, 0.4) is 0 Å².